The Morgan fingerprint density at radius 2 is 2.10 bits per heavy atom. The van der Waals surface area contributed by atoms with E-state index in [1.54, 1.807) is 6.20 Å². The average molecular weight is 274 g/mol. The van der Waals surface area contributed by atoms with Gasteiger partial charge >= 0.3 is 0 Å². The first-order chi connectivity index (χ1) is 9.84. The van der Waals surface area contributed by atoms with Gasteiger partial charge < -0.3 is 5.32 Å². The summed E-state index contributed by atoms with van der Waals surface area (Å²) in [5.41, 5.74) is 1.04. The van der Waals surface area contributed by atoms with E-state index in [9.17, 15) is 4.79 Å². The van der Waals surface area contributed by atoms with Crippen LogP contribution in [-0.2, 0) is 11.2 Å². The highest BCUT2D eigenvalue weighted by molar-refractivity contribution is 5.75. The molecule has 0 aromatic carbocycles. The van der Waals surface area contributed by atoms with Crippen molar-refractivity contribution in [2.24, 2.45) is 5.92 Å². The Hall–Kier alpha value is -1.38. The molecule has 1 heterocycles. The van der Waals surface area contributed by atoms with E-state index in [0.29, 0.717) is 13.0 Å². The molecule has 0 bridgehead atoms. The summed E-state index contributed by atoms with van der Waals surface area (Å²) in [7, 11) is 0. The first-order valence-corrected chi connectivity index (χ1v) is 8.01. The molecule has 3 nitrogen and oxygen atoms in total. The van der Waals surface area contributed by atoms with E-state index in [2.05, 4.69) is 10.3 Å². The second-order valence-corrected chi connectivity index (χ2v) is 5.82. The minimum atomic E-state index is 0.191. The van der Waals surface area contributed by atoms with Crippen LogP contribution in [-0.4, -0.2) is 17.4 Å². The molecule has 1 aliphatic carbocycles. The van der Waals surface area contributed by atoms with Crippen LogP contribution in [0.4, 0.5) is 0 Å². The standard InChI is InChI=1S/C17H26N2O/c20-17(11-6-9-15-7-2-1-3-8-15)19-14-12-16-10-4-5-13-18-16/h4-5,10,13,15H,1-3,6-9,11-12,14H2,(H,19,20). The lowest BCUT2D eigenvalue weighted by Crippen LogP contribution is -2.25. The monoisotopic (exact) mass is 274 g/mol. The van der Waals surface area contributed by atoms with E-state index in [0.717, 1.165) is 24.5 Å². The third-order valence-electron chi connectivity index (χ3n) is 4.17. The van der Waals surface area contributed by atoms with Gasteiger partial charge in [-0.1, -0.05) is 38.2 Å². The molecule has 3 heteroatoms. The normalized spacial score (nSPS) is 16.0. The average Bonchev–Trinajstić information content (AvgIpc) is 2.49. The number of carbonyl (C=O) groups excluding carboxylic acids is 1. The second kappa shape index (κ2) is 8.72. The van der Waals surface area contributed by atoms with Gasteiger partial charge in [-0.05, 0) is 30.9 Å². The highest BCUT2D eigenvalue weighted by Gasteiger charge is 2.13. The number of aromatic nitrogens is 1. The van der Waals surface area contributed by atoms with Crippen LogP contribution in [0, 0.1) is 5.92 Å². The number of amides is 1. The summed E-state index contributed by atoms with van der Waals surface area (Å²) in [5.74, 6) is 1.07. The van der Waals surface area contributed by atoms with E-state index >= 15 is 0 Å². The van der Waals surface area contributed by atoms with E-state index in [4.69, 9.17) is 0 Å². The topological polar surface area (TPSA) is 42.0 Å². The van der Waals surface area contributed by atoms with Crippen molar-refractivity contribution in [2.75, 3.05) is 6.54 Å². The summed E-state index contributed by atoms with van der Waals surface area (Å²) in [6.07, 6.45) is 12.5. The van der Waals surface area contributed by atoms with Gasteiger partial charge in [0.2, 0.25) is 5.91 Å². The number of pyridine rings is 1. The number of carbonyl (C=O) groups is 1. The number of nitrogens with zero attached hydrogens (tertiary/aromatic N) is 1. The summed E-state index contributed by atoms with van der Waals surface area (Å²) in [4.78, 5) is 16.0. The van der Waals surface area contributed by atoms with Crippen molar-refractivity contribution in [3.63, 3.8) is 0 Å². The summed E-state index contributed by atoms with van der Waals surface area (Å²) in [5, 5.41) is 2.99. The lowest BCUT2D eigenvalue weighted by atomic mass is 9.86. The van der Waals surface area contributed by atoms with Crippen LogP contribution in [0.5, 0.6) is 0 Å². The molecular formula is C17H26N2O. The molecule has 1 aliphatic rings. The van der Waals surface area contributed by atoms with E-state index < -0.39 is 0 Å². The van der Waals surface area contributed by atoms with E-state index in [1.807, 2.05) is 18.2 Å². The summed E-state index contributed by atoms with van der Waals surface area (Å²) >= 11 is 0. The molecule has 20 heavy (non-hydrogen) atoms. The first kappa shape index (κ1) is 15.0. The van der Waals surface area contributed by atoms with Crippen molar-refractivity contribution in [1.82, 2.24) is 10.3 Å². The zero-order valence-corrected chi connectivity index (χ0v) is 12.3. The maximum Gasteiger partial charge on any atom is 0.220 e. The molecule has 1 N–H and O–H groups in total. The zero-order chi connectivity index (χ0) is 14.0. The molecule has 1 aromatic heterocycles. The molecule has 0 unspecified atom stereocenters. The van der Waals surface area contributed by atoms with Crippen LogP contribution < -0.4 is 5.32 Å². The third kappa shape index (κ3) is 5.72. The maximum absolute atomic E-state index is 11.7. The van der Waals surface area contributed by atoms with Crippen molar-refractivity contribution in [3.05, 3.63) is 30.1 Å². The van der Waals surface area contributed by atoms with Crippen molar-refractivity contribution in [1.29, 1.82) is 0 Å². The fraction of sp³-hybridized carbons (Fsp3) is 0.647. The van der Waals surface area contributed by atoms with Crippen LogP contribution in [0.3, 0.4) is 0 Å². The lowest BCUT2D eigenvalue weighted by Gasteiger charge is -2.21. The predicted molar refractivity (Wildman–Crippen MR) is 81.4 cm³/mol. The lowest BCUT2D eigenvalue weighted by molar-refractivity contribution is -0.121. The predicted octanol–water partition coefficient (Wildman–Crippen LogP) is 3.49. The van der Waals surface area contributed by atoms with Gasteiger partial charge in [-0.2, -0.15) is 0 Å². The molecule has 0 spiro atoms. The van der Waals surface area contributed by atoms with Crippen molar-refractivity contribution < 1.29 is 4.79 Å². The SMILES string of the molecule is O=C(CCCC1CCCCC1)NCCc1ccccn1. The van der Waals surface area contributed by atoms with Gasteiger partial charge in [0.05, 0.1) is 0 Å². The Balaban J connectivity index is 1.52. The van der Waals surface area contributed by atoms with Gasteiger partial charge in [-0.15, -0.1) is 0 Å². The van der Waals surface area contributed by atoms with Crippen molar-refractivity contribution >= 4 is 5.91 Å². The molecule has 1 fully saturated rings. The zero-order valence-electron chi connectivity index (χ0n) is 12.3. The van der Waals surface area contributed by atoms with Gasteiger partial charge in [0.15, 0.2) is 0 Å². The van der Waals surface area contributed by atoms with Crippen LogP contribution in [0.2, 0.25) is 0 Å². The number of hydrogen-bond acceptors (Lipinski definition) is 2. The Morgan fingerprint density at radius 1 is 1.25 bits per heavy atom. The summed E-state index contributed by atoms with van der Waals surface area (Å²) in [6, 6.07) is 5.89. The Bertz CT molecular complexity index is 385. The minimum absolute atomic E-state index is 0.191. The largest absolute Gasteiger partial charge is 0.356 e. The maximum atomic E-state index is 11.7. The van der Waals surface area contributed by atoms with Gasteiger partial charge in [0.25, 0.3) is 0 Å². The number of hydrogen-bond donors (Lipinski definition) is 1. The number of rotatable bonds is 7. The quantitative estimate of drug-likeness (QED) is 0.827. The Labute approximate surface area is 122 Å². The fourth-order valence-electron chi connectivity index (χ4n) is 2.99. The van der Waals surface area contributed by atoms with E-state index in [1.165, 1.54) is 38.5 Å². The molecule has 110 valence electrons. The van der Waals surface area contributed by atoms with Gasteiger partial charge in [0.1, 0.15) is 0 Å². The molecule has 0 radical (unpaired) electrons. The highest BCUT2D eigenvalue weighted by atomic mass is 16.1. The smallest absolute Gasteiger partial charge is 0.220 e. The van der Waals surface area contributed by atoms with Crippen LogP contribution >= 0.6 is 0 Å². The van der Waals surface area contributed by atoms with Gasteiger partial charge in [-0.3, -0.25) is 9.78 Å². The molecule has 1 amide bonds. The third-order valence-corrected chi connectivity index (χ3v) is 4.17. The minimum Gasteiger partial charge on any atom is -0.356 e. The second-order valence-electron chi connectivity index (χ2n) is 5.82. The van der Waals surface area contributed by atoms with Gasteiger partial charge in [0, 0.05) is 31.3 Å². The molecule has 1 saturated carbocycles. The highest BCUT2D eigenvalue weighted by Crippen LogP contribution is 2.27. The first-order valence-electron chi connectivity index (χ1n) is 8.01. The molecule has 1 aromatic rings. The van der Waals surface area contributed by atoms with E-state index in [-0.39, 0.29) is 5.91 Å². The fourth-order valence-corrected chi connectivity index (χ4v) is 2.99. The molecule has 0 saturated heterocycles. The Morgan fingerprint density at radius 3 is 2.85 bits per heavy atom. The number of nitrogens with one attached hydrogen (secondary N) is 1. The summed E-state index contributed by atoms with van der Waals surface area (Å²) < 4.78 is 0. The summed E-state index contributed by atoms with van der Waals surface area (Å²) in [6.45, 7) is 0.694. The molecule has 0 atom stereocenters. The van der Waals surface area contributed by atoms with Gasteiger partial charge in [-0.25, -0.2) is 0 Å². The molecule has 0 aliphatic heterocycles. The van der Waals surface area contributed by atoms with Crippen LogP contribution in [0.25, 0.3) is 0 Å². The van der Waals surface area contributed by atoms with Crippen LogP contribution in [0.15, 0.2) is 24.4 Å². The van der Waals surface area contributed by atoms with Crippen molar-refractivity contribution in [3.8, 4) is 0 Å². The van der Waals surface area contributed by atoms with Crippen molar-refractivity contribution in [2.45, 2.75) is 57.8 Å². The van der Waals surface area contributed by atoms with Crippen LogP contribution in [0.1, 0.15) is 57.1 Å². The molecule has 2 rings (SSSR count). The Kier molecular flexibility index (Phi) is 6.55. The molecular weight excluding hydrogens is 248 g/mol.